The van der Waals surface area contributed by atoms with Crippen LogP contribution in [0.4, 0.5) is 13.6 Å². The highest BCUT2D eigenvalue weighted by Gasteiger charge is 2.50. The topological polar surface area (TPSA) is 43.4 Å². The summed E-state index contributed by atoms with van der Waals surface area (Å²) < 4.78 is 26.2. The van der Waals surface area contributed by atoms with Crippen LogP contribution in [0.5, 0.6) is 0 Å². The van der Waals surface area contributed by atoms with Gasteiger partial charge >= 0.3 is 0 Å². The van der Waals surface area contributed by atoms with Crippen molar-refractivity contribution in [1.29, 1.82) is 0 Å². The molecule has 1 aliphatic carbocycles. The number of likely N-dealkylation sites (tertiary alicyclic amines) is 1. The Morgan fingerprint density at radius 2 is 1.73 bits per heavy atom. The SMILES string of the molecule is O=C([O-])N1CCC2(CC1)CCC(F)(F)C2. The molecule has 0 radical (unpaired) electrons. The van der Waals surface area contributed by atoms with Gasteiger partial charge in [0.1, 0.15) is 6.09 Å². The van der Waals surface area contributed by atoms with Crippen LogP contribution in [0.15, 0.2) is 0 Å². The lowest BCUT2D eigenvalue weighted by Crippen LogP contribution is -2.48. The number of amides is 1. The van der Waals surface area contributed by atoms with Gasteiger partial charge in [0.05, 0.1) is 0 Å². The van der Waals surface area contributed by atoms with Gasteiger partial charge < -0.3 is 14.8 Å². The molecule has 1 amide bonds. The first-order chi connectivity index (χ1) is 6.93. The van der Waals surface area contributed by atoms with Crippen molar-refractivity contribution in [3.63, 3.8) is 0 Å². The molecule has 0 bridgehead atoms. The second-order valence-electron chi connectivity index (χ2n) is 4.79. The summed E-state index contributed by atoms with van der Waals surface area (Å²) in [5.74, 6) is -2.54. The number of carboxylic acid groups (broad SMARTS) is 1. The highest BCUT2D eigenvalue weighted by molar-refractivity contribution is 5.62. The smallest absolute Gasteiger partial charge is 0.248 e. The number of hydrogen-bond acceptors (Lipinski definition) is 2. The number of nitrogens with zero attached hydrogens (tertiary/aromatic N) is 1. The van der Waals surface area contributed by atoms with E-state index in [9.17, 15) is 18.7 Å². The molecule has 0 aromatic rings. The Hall–Kier alpha value is -0.870. The summed E-state index contributed by atoms with van der Waals surface area (Å²) in [6.07, 6.45) is 0.336. The van der Waals surface area contributed by atoms with Gasteiger partial charge in [-0.1, -0.05) is 0 Å². The predicted octanol–water partition coefficient (Wildman–Crippen LogP) is 1.23. The molecule has 2 rings (SSSR count). The van der Waals surface area contributed by atoms with Gasteiger partial charge in [-0.25, -0.2) is 8.78 Å². The molecule has 5 heteroatoms. The maximum Gasteiger partial charge on any atom is 0.248 e. The Labute approximate surface area is 87.1 Å². The number of carbonyl (C=O) groups is 1. The predicted molar refractivity (Wildman–Crippen MR) is 47.4 cm³/mol. The Kier molecular flexibility index (Phi) is 2.35. The molecule has 1 saturated carbocycles. The van der Waals surface area contributed by atoms with Crippen molar-refractivity contribution in [2.75, 3.05) is 13.1 Å². The number of halogens is 2. The molecule has 0 aromatic heterocycles. The van der Waals surface area contributed by atoms with E-state index in [2.05, 4.69) is 0 Å². The fourth-order valence-electron chi connectivity index (χ4n) is 2.76. The molecule has 0 aromatic carbocycles. The lowest BCUT2D eigenvalue weighted by atomic mass is 9.77. The number of alkyl halides is 2. The summed E-state index contributed by atoms with van der Waals surface area (Å²) in [4.78, 5) is 11.8. The van der Waals surface area contributed by atoms with E-state index in [-0.39, 0.29) is 18.3 Å². The van der Waals surface area contributed by atoms with Crippen LogP contribution in [-0.4, -0.2) is 30.0 Å². The molecule has 0 N–H and O–H groups in total. The normalized spacial score (nSPS) is 28.3. The summed E-state index contributed by atoms with van der Waals surface area (Å²) in [5, 5.41) is 10.6. The maximum atomic E-state index is 13.1. The lowest BCUT2D eigenvalue weighted by molar-refractivity contribution is -0.267. The van der Waals surface area contributed by atoms with E-state index < -0.39 is 12.0 Å². The van der Waals surface area contributed by atoms with Gasteiger partial charge in [0.25, 0.3) is 0 Å². The van der Waals surface area contributed by atoms with Crippen LogP contribution in [0.1, 0.15) is 32.1 Å². The van der Waals surface area contributed by atoms with Crippen LogP contribution in [0, 0.1) is 5.41 Å². The Bertz CT molecular complexity index is 273. The standard InChI is InChI=1S/C10H15F2NO2/c11-10(12)2-1-9(7-10)3-5-13(6-4-9)8(14)15/h1-7H2,(H,14,15)/p-1. The molecule has 0 atom stereocenters. The first kappa shape index (κ1) is 10.6. The average molecular weight is 218 g/mol. The third-order valence-corrected chi connectivity index (χ3v) is 3.74. The molecular formula is C10H14F2NO2-. The summed E-state index contributed by atoms with van der Waals surface area (Å²) in [6.45, 7) is 0.691. The summed E-state index contributed by atoms with van der Waals surface area (Å²) >= 11 is 0. The van der Waals surface area contributed by atoms with Crippen molar-refractivity contribution < 1.29 is 18.7 Å². The summed E-state index contributed by atoms with van der Waals surface area (Å²) in [7, 11) is 0. The van der Waals surface area contributed by atoms with Crippen LogP contribution in [0.2, 0.25) is 0 Å². The molecule has 86 valence electrons. The minimum absolute atomic E-state index is 0.0433. The Morgan fingerprint density at radius 3 is 2.13 bits per heavy atom. The third-order valence-electron chi connectivity index (χ3n) is 3.74. The largest absolute Gasteiger partial charge is 0.530 e. The fraction of sp³-hybridized carbons (Fsp3) is 0.900. The van der Waals surface area contributed by atoms with Crippen LogP contribution in [0.3, 0.4) is 0 Å². The van der Waals surface area contributed by atoms with Gasteiger partial charge in [0, 0.05) is 25.9 Å². The van der Waals surface area contributed by atoms with Crippen molar-refractivity contribution in [1.82, 2.24) is 4.90 Å². The van der Waals surface area contributed by atoms with Crippen molar-refractivity contribution in [3.8, 4) is 0 Å². The quantitative estimate of drug-likeness (QED) is 0.613. The van der Waals surface area contributed by atoms with Crippen molar-refractivity contribution in [3.05, 3.63) is 0 Å². The zero-order valence-corrected chi connectivity index (χ0v) is 8.47. The van der Waals surface area contributed by atoms with Crippen LogP contribution < -0.4 is 5.11 Å². The molecule has 2 aliphatic rings. The van der Waals surface area contributed by atoms with Gasteiger partial charge in [-0.15, -0.1) is 0 Å². The lowest BCUT2D eigenvalue weighted by Gasteiger charge is -2.40. The third kappa shape index (κ3) is 2.06. The second-order valence-corrected chi connectivity index (χ2v) is 4.79. The molecule has 1 heterocycles. The Balaban J connectivity index is 1.96. The van der Waals surface area contributed by atoms with E-state index >= 15 is 0 Å². The Morgan fingerprint density at radius 1 is 1.13 bits per heavy atom. The molecule has 0 unspecified atom stereocenters. The van der Waals surface area contributed by atoms with Gasteiger partial charge in [0.15, 0.2) is 0 Å². The van der Waals surface area contributed by atoms with Gasteiger partial charge in [-0.2, -0.15) is 0 Å². The van der Waals surface area contributed by atoms with E-state index in [0.717, 1.165) is 0 Å². The summed E-state index contributed by atoms with van der Waals surface area (Å²) in [6, 6.07) is 0. The first-order valence-corrected chi connectivity index (χ1v) is 5.26. The molecule has 1 aliphatic heterocycles. The number of piperidine rings is 1. The molecule has 1 saturated heterocycles. The van der Waals surface area contributed by atoms with Crippen molar-refractivity contribution in [2.24, 2.45) is 5.41 Å². The minimum Gasteiger partial charge on any atom is -0.530 e. The van der Waals surface area contributed by atoms with E-state index in [0.29, 0.717) is 32.4 Å². The zero-order valence-electron chi connectivity index (χ0n) is 8.47. The highest BCUT2D eigenvalue weighted by atomic mass is 19.3. The fourth-order valence-corrected chi connectivity index (χ4v) is 2.76. The van der Waals surface area contributed by atoms with Crippen molar-refractivity contribution in [2.45, 2.75) is 38.0 Å². The maximum absolute atomic E-state index is 13.1. The molecular weight excluding hydrogens is 204 g/mol. The zero-order chi connectivity index (χ0) is 11.1. The molecule has 2 fully saturated rings. The van der Waals surface area contributed by atoms with Crippen LogP contribution in [0.25, 0.3) is 0 Å². The molecule has 1 spiro atoms. The van der Waals surface area contributed by atoms with Gasteiger partial charge in [0.2, 0.25) is 5.92 Å². The second kappa shape index (κ2) is 3.32. The first-order valence-electron chi connectivity index (χ1n) is 5.26. The number of hydrogen-bond donors (Lipinski definition) is 0. The molecule has 3 nitrogen and oxygen atoms in total. The van der Waals surface area contributed by atoms with E-state index in [1.165, 1.54) is 4.90 Å². The highest BCUT2D eigenvalue weighted by Crippen LogP contribution is 2.52. The average Bonchev–Trinajstić information content (AvgIpc) is 2.43. The number of carbonyl (C=O) groups excluding carboxylic acids is 1. The van der Waals surface area contributed by atoms with Gasteiger partial charge in [-0.3, -0.25) is 0 Å². The van der Waals surface area contributed by atoms with E-state index in [4.69, 9.17) is 0 Å². The molecule has 15 heavy (non-hydrogen) atoms. The van der Waals surface area contributed by atoms with E-state index in [1.54, 1.807) is 0 Å². The van der Waals surface area contributed by atoms with Gasteiger partial charge in [-0.05, 0) is 24.7 Å². The number of rotatable bonds is 0. The van der Waals surface area contributed by atoms with Crippen molar-refractivity contribution >= 4 is 6.09 Å². The van der Waals surface area contributed by atoms with E-state index in [1.807, 2.05) is 0 Å². The van der Waals surface area contributed by atoms with Crippen LogP contribution in [-0.2, 0) is 0 Å². The summed E-state index contributed by atoms with van der Waals surface area (Å²) in [5.41, 5.74) is -0.310. The van der Waals surface area contributed by atoms with Crippen LogP contribution >= 0.6 is 0 Å². The minimum atomic E-state index is -2.54. The monoisotopic (exact) mass is 218 g/mol.